The minimum Gasteiger partial charge on any atom is -0.377 e. The van der Waals surface area contributed by atoms with E-state index in [1.165, 1.54) is 12.8 Å². The molecule has 0 radical (unpaired) electrons. The molecule has 88 valence electrons. The van der Waals surface area contributed by atoms with Gasteiger partial charge in [0.2, 0.25) is 0 Å². The summed E-state index contributed by atoms with van der Waals surface area (Å²) in [4.78, 5) is 0. The highest BCUT2D eigenvalue weighted by Crippen LogP contribution is 2.20. The van der Waals surface area contributed by atoms with Gasteiger partial charge in [0.15, 0.2) is 0 Å². The first-order valence-electron chi connectivity index (χ1n) is 6.05. The fraction of sp³-hybridized carbons (Fsp3) is 0.467. The SMILES string of the molecule is C=C/C(=C\C=C/C)COCCC1C=CCC1. The molecule has 1 atom stereocenters. The van der Waals surface area contributed by atoms with E-state index in [0.29, 0.717) is 6.61 Å². The summed E-state index contributed by atoms with van der Waals surface area (Å²) < 4.78 is 5.64. The summed E-state index contributed by atoms with van der Waals surface area (Å²) in [7, 11) is 0. The van der Waals surface area contributed by atoms with E-state index >= 15 is 0 Å². The van der Waals surface area contributed by atoms with Crippen molar-refractivity contribution in [2.75, 3.05) is 13.2 Å². The highest BCUT2D eigenvalue weighted by atomic mass is 16.5. The van der Waals surface area contributed by atoms with Gasteiger partial charge in [-0.2, -0.15) is 0 Å². The van der Waals surface area contributed by atoms with Crippen molar-refractivity contribution in [3.05, 3.63) is 48.6 Å². The first-order valence-corrected chi connectivity index (χ1v) is 6.05. The molecule has 0 saturated carbocycles. The Hall–Kier alpha value is -1.08. The zero-order valence-electron chi connectivity index (χ0n) is 10.2. The number of rotatable bonds is 7. The standard InChI is InChI=1S/C15H22O/c1-3-5-8-14(4-2)13-16-12-11-15-9-6-7-10-15/h3-6,8-9,15H,2,7,10-13H2,1H3/b5-3-,14-8+. The quantitative estimate of drug-likeness (QED) is 0.356. The van der Waals surface area contributed by atoms with Crippen molar-refractivity contribution in [2.45, 2.75) is 26.2 Å². The lowest BCUT2D eigenvalue weighted by molar-refractivity contribution is 0.146. The molecule has 1 aliphatic carbocycles. The maximum Gasteiger partial charge on any atom is 0.0716 e. The Bertz CT molecular complexity index is 284. The average molecular weight is 218 g/mol. The third kappa shape index (κ3) is 5.13. The van der Waals surface area contributed by atoms with Crippen molar-refractivity contribution < 1.29 is 4.74 Å². The van der Waals surface area contributed by atoms with Gasteiger partial charge in [0, 0.05) is 6.61 Å². The van der Waals surface area contributed by atoms with E-state index in [9.17, 15) is 0 Å². The second-order valence-electron chi connectivity index (χ2n) is 4.08. The van der Waals surface area contributed by atoms with Gasteiger partial charge in [-0.05, 0) is 37.7 Å². The van der Waals surface area contributed by atoms with E-state index in [1.807, 2.05) is 31.2 Å². The van der Waals surface area contributed by atoms with Gasteiger partial charge in [0.05, 0.1) is 6.61 Å². The Balaban J connectivity index is 2.13. The minimum absolute atomic E-state index is 0.671. The van der Waals surface area contributed by atoms with Crippen LogP contribution >= 0.6 is 0 Å². The molecular weight excluding hydrogens is 196 g/mol. The molecule has 0 saturated heterocycles. The van der Waals surface area contributed by atoms with Crippen LogP contribution in [-0.2, 0) is 4.74 Å². The van der Waals surface area contributed by atoms with Crippen molar-refractivity contribution in [3.8, 4) is 0 Å². The first kappa shape index (κ1) is 13.0. The molecule has 0 heterocycles. The molecule has 0 fully saturated rings. The van der Waals surface area contributed by atoms with Gasteiger partial charge in [-0.25, -0.2) is 0 Å². The molecular formula is C15H22O. The molecule has 1 heteroatoms. The topological polar surface area (TPSA) is 9.23 Å². The Kier molecular flexibility index (Phi) is 6.59. The summed E-state index contributed by atoms with van der Waals surface area (Å²) in [6.07, 6.45) is 16.2. The number of allylic oxidation sites excluding steroid dienone is 5. The molecule has 16 heavy (non-hydrogen) atoms. The third-order valence-corrected chi connectivity index (χ3v) is 2.78. The molecule has 0 bridgehead atoms. The van der Waals surface area contributed by atoms with Gasteiger partial charge < -0.3 is 4.74 Å². The van der Waals surface area contributed by atoms with Crippen LogP contribution in [0.1, 0.15) is 26.2 Å². The van der Waals surface area contributed by atoms with E-state index in [4.69, 9.17) is 4.74 Å². The van der Waals surface area contributed by atoms with E-state index < -0.39 is 0 Å². The van der Waals surface area contributed by atoms with Crippen molar-refractivity contribution in [1.29, 1.82) is 0 Å². The molecule has 0 aliphatic heterocycles. The predicted octanol–water partition coefficient (Wildman–Crippen LogP) is 4.05. The molecule has 1 aliphatic rings. The zero-order valence-corrected chi connectivity index (χ0v) is 10.2. The maximum absolute atomic E-state index is 5.64. The molecule has 0 amide bonds. The van der Waals surface area contributed by atoms with Crippen molar-refractivity contribution >= 4 is 0 Å². The Morgan fingerprint density at radius 1 is 1.56 bits per heavy atom. The van der Waals surface area contributed by atoms with E-state index in [1.54, 1.807) is 0 Å². The van der Waals surface area contributed by atoms with Gasteiger partial charge in [-0.3, -0.25) is 0 Å². The fourth-order valence-electron chi connectivity index (χ4n) is 1.76. The monoisotopic (exact) mass is 218 g/mol. The van der Waals surface area contributed by atoms with Crippen LogP contribution in [0, 0.1) is 5.92 Å². The van der Waals surface area contributed by atoms with Gasteiger partial charge in [0.25, 0.3) is 0 Å². The molecule has 0 aromatic rings. The summed E-state index contributed by atoms with van der Waals surface area (Å²) in [5.74, 6) is 0.742. The van der Waals surface area contributed by atoms with E-state index in [2.05, 4.69) is 18.7 Å². The Morgan fingerprint density at radius 2 is 2.44 bits per heavy atom. The Morgan fingerprint density at radius 3 is 3.06 bits per heavy atom. The van der Waals surface area contributed by atoms with Crippen molar-refractivity contribution in [1.82, 2.24) is 0 Å². The predicted molar refractivity (Wildman–Crippen MR) is 70.4 cm³/mol. The summed E-state index contributed by atoms with van der Waals surface area (Å²) in [6.45, 7) is 7.30. The highest BCUT2D eigenvalue weighted by molar-refractivity contribution is 5.22. The number of hydrogen-bond donors (Lipinski definition) is 0. The smallest absolute Gasteiger partial charge is 0.0716 e. The number of hydrogen-bond acceptors (Lipinski definition) is 1. The van der Waals surface area contributed by atoms with Gasteiger partial charge >= 0.3 is 0 Å². The molecule has 1 nitrogen and oxygen atoms in total. The Labute approximate surface area is 99.2 Å². The lowest BCUT2D eigenvalue weighted by Gasteiger charge is -2.08. The van der Waals surface area contributed by atoms with Crippen LogP contribution in [0.5, 0.6) is 0 Å². The van der Waals surface area contributed by atoms with Crippen molar-refractivity contribution in [3.63, 3.8) is 0 Å². The lowest BCUT2D eigenvalue weighted by Crippen LogP contribution is -2.03. The molecule has 0 aromatic heterocycles. The highest BCUT2D eigenvalue weighted by Gasteiger charge is 2.08. The van der Waals surface area contributed by atoms with Gasteiger partial charge in [-0.1, -0.05) is 43.0 Å². The normalized spacial score (nSPS) is 20.8. The molecule has 0 N–H and O–H groups in total. The summed E-state index contributed by atoms with van der Waals surface area (Å²) in [5.41, 5.74) is 1.14. The van der Waals surface area contributed by atoms with Crippen LogP contribution in [0.2, 0.25) is 0 Å². The molecule has 0 aromatic carbocycles. The van der Waals surface area contributed by atoms with Gasteiger partial charge in [-0.15, -0.1) is 0 Å². The number of ether oxygens (including phenoxy) is 1. The van der Waals surface area contributed by atoms with Crippen LogP contribution in [0.3, 0.4) is 0 Å². The fourth-order valence-corrected chi connectivity index (χ4v) is 1.76. The van der Waals surface area contributed by atoms with E-state index in [-0.39, 0.29) is 0 Å². The molecule has 0 spiro atoms. The van der Waals surface area contributed by atoms with Crippen LogP contribution < -0.4 is 0 Å². The second kappa shape index (κ2) is 8.12. The minimum atomic E-state index is 0.671. The van der Waals surface area contributed by atoms with Crippen LogP contribution in [0.15, 0.2) is 48.6 Å². The summed E-state index contributed by atoms with van der Waals surface area (Å²) >= 11 is 0. The molecule has 1 unspecified atom stereocenters. The van der Waals surface area contributed by atoms with Crippen LogP contribution in [0.25, 0.3) is 0 Å². The lowest BCUT2D eigenvalue weighted by atomic mass is 10.1. The third-order valence-electron chi connectivity index (χ3n) is 2.78. The summed E-state index contributed by atoms with van der Waals surface area (Å²) in [6, 6.07) is 0. The zero-order chi connectivity index (χ0) is 11.6. The van der Waals surface area contributed by atoms with Gasteiger partial charge in [0.1, 0.15) is 0 Å². The van der Waals surface area contributed by atoms with Crippen LogP contribution in [0.4, 0.5) is 0 Å². The second-order valence-corrected chi connectivity index (χ2v) is 4.08. The largest absolute Gasteiger partial charge is 0.377 e. The van der Waals surface area contributed by atoms with E-state index in [0.717, 1.165) is 24.5 Å². The maximum atomic E-state index is 5.64. The summed E-state index contributed by atoms with van der Waals surface area (Å²) in [5, 5.41) is 0. The molecule has 1 rings (SSSR count). The van der Waals surface area contributed by atoms with Crippen molar-refractivity contribution in [2.24, 2.45) is 5.92 Å². The first-order chi connectivity index (χ1) is 7.86. The van der Waals surface area contributed by atoms with Crippen LogP contribution in [-0.4, -0.2) is 13.2 Å². The average Bonchev–Trinajstić information content (AvgIpc) is 2.81.